The van der Waals surface area contributed by atoms with E-state index in [0.717, 1.165) is 0 Å². The number of hydrogen-bond acceptors (Lipinski definition) is 4. The van der Waals surface area contributed by atoms with Crippen LogP contribution in [0, 0.1) is 5.82 Å². The van der Waals surface area contributed by atoms with Crippen molar-refractivity contribution in [2.24, 2.45) is 5.73 Å². The summed E-state index contributed by atoms with van der Waals surface area (Å²) in [6.45, 7) is 0.111. The largest absolute Gasteiger partial charge is 0.377 e. The molecule has 0 spiro atoms. The summed E-state index contributed by atoms with van der Waals surface area (Å²) in [5, 5.41) is 0. The van der Waals surface area contributed by atoms with Crippen LogP contribution in [0.3, 0.4) is 0 Å². The molecule has 2 heterocycles. The van der Waals surface area contributed by atoms with E-state index in [2.05, 4.69) is 0 Å². The van der Waals surface area contributed by atoms with Gasteiger partial charge in [0.2, 0.25) is 0 Å². The molecule has 0 aliphatic carbocycles. The normalized spacial score (nSPS) is 29.4. The highest BCUT2D eigenvalue weighted by molar-refractivity contribution is 5.82. The summed E-state index contributed by atoms with van der Waals surface area (Å²) in [4.78, 5) is 14.9. The number of benzene rings is 2. The molecule has 2 aromatic rings. The number of fused-ring (bicyclic) bond motifs is 1. The van der Waals surface area contributed by atoms with E-state index in [1.165, 1.54) is 17.0 Å². The Morgan fingerprint density at radius 1 is 1.17 bits per heavy atom. The van der Waals surface area contributed by atoms with Crippen LogP contribution in [0.2, 0.25) is 0 Å². The van der Waals surface area contributed by atoms with Crippen molar-refractivity contribution in [3.05, 3.63) is 71.0 Å². The molecular weight excluding hydrogens is 378 g/mol. The first-order valence-corrected chi connectivity index (χ1v) is 9.68. The van der Waals surface area contributed by atoms with Crippen molar-refractivity contribution in [1.29, 1.82) is 0 Å². The zero-order chi connectivity index (χ0) is 20.5. The summed E-state index contributed by atoms with van der Waals surface area (Å²) < 4.78 is 39.4. The number of alkyl halides is 1. The molecule has 0 bridgehead atoms. The molecule has 1 fully saturated rings. The van der Waals surface area contributed by atoms with E-state index in [9.17, 15) is 13.6 Å². The highest BCUT2D eigenvalue weighted by Gasteiger charge is 2.42. The summed E-state index contributed by atoms with van der Waals surface area (Å²) in [6, 6.07) is 12.2. The number of ether oxygens (including phenoxy) is 2. The Morgan fingerprint density at radius 3 is 2.52 bits per heavy atom. The van der Waals surface area contributed by atoms with Gasteiger partial charge in [0.1, 0.15) is 18.1 Å². The monoisotopic (exact) mass is 402 g/mol. The second kappa shape index (κ2) is 8.18. The van der Waals surface area contributed by atoms with Crippen LogP contribution >= 0.6 is 0 Å². The van der Waals surface area contributed by atoms with Crippen molar-refractivity contribution in [2.75, 3.05) is 20.3 Å². The standard InChI is InChI=1S/C22H24F2N2O3/c1-28-20-12-29-19(10-18(20)25)22(27)26-11-17(24)15-4-2-3-5-16(15)21(26)13-6-8-14(23)9-7-13/h2-9,17-21H,10-12,25H2,1H3/t17-,18+,19-,20+,21+/m1/s1. The maximum absolute atomic E-state index is 15.0. The SMILES string of the molecule is CO[C@H]1CO[C@@H](C(=O)N2C[C@@H](F)c3ccccc3[C@@H]2c2ccc(F)cc2)C[C@@H]1N. The second-order valence-corrected chi connectivity index (χ2v) is 7.54. The van der Waals surface area contributed by atoms with Gasteiger partial charge in [-0.3, -0.25) is 4.79 Å². The molecule has 0 aromatic heterocycles. The maximum Gasteiger partial charge on any atom is 0.252 e. The van der Waals surface area contributed by atoms with Crippen molar-refractivity contribution in [3.63, 3.8) is 0 Å². The highest BCUT2D eigenvalue weighted by atomic mass is 19.1. The Morgan fingerprint density at radius 2 is 1.86 bits per heavy atom. The fourth-order valence-electron chi connectivity index (χ4n) is 4.21. The zero-order valence-corrected chi connectivity index (χ0v) is 16.1. The molecule has 2 aliphatic rings. The van der Waals surface area contributed by atoms with E-state index >= 15 is 0 Å². The van der Waals surface area contributed by atoms with Crippen LogP contribution in [0.4, 0.5) is 8.78 Å². The molecule has 0 saturated carbocycles. The number of halogens is 2. The zero-order valence-electron chi connectivity index (χ0n) is 16.1. The van der Waals surface area contributed by atoms with Gasteiger partial charge in [-0.15, -0.1) is 0 Å². The van der Waals surface area contributed by atoms with Crippen LogP contribution in [-0.2, 0) is 14.3 Å². The average Bonchev–Trinajstić information content (AvgIpc) is 2.74. The van der Waals surface area contributed by atoms with Crippen molar-refractivity contribution in [3.8, 4) is 0 Å². The minimum atomic E-state index is -1.31. The van der Waals surface area contributed by atoms with Crippen molar-refractivity contribution in [1.82, 2.24) is 4.90 Å². The van der Waals surface area contributed by atoms with Crippen molar-refractivity contribution in [2.45, 2.75) is 36.9 Å². The van der Waals surface area contributed by atoms with Gasteiger partial charge in [0.05, 0.1) is 25.3 Å². The summed E-state index contributed by atoms with van der Waals surface area (Å²) >= 11 is 0. The molecule has 1 saturated heterocycles. The van der Waals surface area contributed by atoms with Crippen molar-refractivity contribution >= 4 is 5.91 Å². The van der Waals surface area contributed by atoms with Gasteiger partial charge in [0.15, 0.2) is 0 Å². The molecule has 5 atom stereocenters. The van der Waals surface area contributed by atoms with Crippen molar-refractivity contribution < 1.29 is 23.0 Å². The predicted molar refractivity (Wildman–Crippen MR) is 103 cm³/mol. The third-order valence-corrected chi connectivity index (χ3v) is 5.77. The Labute approximate surface area is 168 Å². The van der Waals surface area contributed by atoms with Gasteiger partial charge in [-0.2, -0.15) is 0 Å². The molecule has 0 radical (unpaired) electrons. The van der Waals surface area contributed by atoms with Gasteiger partial charge in [-0.25, -0.2) is 8.78 Å². The van der Waals surface area contributed by atoms with Gasteiger partial charge < -0.3 is 20.1 Å². The molecule has 7 heteroatoms. The van der Waals surface area contributed by atoms with E-state index in [1.807, 2.05) is 12.1 Å². The minimum Gasteiger partial charge on any atom is -0.377 e. The van der Waals surface area contributed by atoms with E-state index in [4.69, 9.17) is 15.2 Å². The molecule has 0 unspecified atom stereocenters. The molecule has 2 aromatic carbocycles. The smallest absolute Gasteiger partial charge is 0.252 e. The fraction of sp³-hybridized carbons (Fsp3) is 0.409. The van der Waals surface area contributed by atoms with Gasteiger partial charge in [-0.1, -0.05) is 36.4 Å². The van der Waals surface area contributed by atoms with Crippen LogP contribution < -0.4 is 5.73 Å². The third kappa shape index (κ3) is 3.77. The summed E-state index contributed by atoms with van der Waals surface area (Å²) in [5.74, 6) is -0.687. The van der Waals surface area contributed by atoms with Crippen LogP contribution in [0.25, 0.3) is 0 Å². The quantitative estimate of drug-likeness (QED) is 0.858. The topological polar surface area (TPSA) is 64.8 Å². The number of carbonyl (C=O) groups is 1. The van der Waals surface area contributed by atoms with Crippen LogP contribution in [0.1, 0.15) is 35.3 Å². The van der Waals surface area contributed by atoms with E-state index in [1.54, 1.807) is 31.4 Å². The molecule has 4 rings (SSSR count). The Hall–Kier alpha value is -2.35. The Bertz CT molecular complexity index is 877. The summed E-state index contributed by atoms with van der Waals surface area (Å²) in [7, 11) is 1.55. The minimum absolute atomic E-state index is 0.0965. The van der Waals surface area contributed by atoms with Crippen LogP contribution in [0.15, 0.2) is 48.5 Å². The molecule has 1 amide bonds. The van der Waals surface area contributed by atoms with Gasteiger partial charge >= 0.3 is 0 Å². The number of amides is 1. The van der Waals surface area contributed by atoms with E-state index in [-0.39, 0.29) is 37.0 Å². The molecule has 29 heavy (non-hydrogen) atoms. The lowest BCUT2D eigenvalue weighted by molar-refractivity contribution is -0.157. The molecule has 2 N–H and O–H groups in total. The van der Waals surface area contributed by atoms with Gasteiger partial charge in [0, 0.05) is 19.6 Å². The van der Waals surface area contributed by atoms with E-state index in [0.29, 0.717) is 23.1 Å². The van der Waals surface area contributed by atoms with E-state index < -0.39 is 18.3 Å². The lowest BCUT2D eigenvalue weighted by Gasteiger charge is -2.42. The Balaban J connectivity index is 1.69. The lowest BCUT2D eigenvalue weighted by Crippen LogP contribution is -2.54. The summed E-state index contributed by atoms with van der Waals surface area (Å²) in [5.41, 5.74) is 8.08. The maximum atomic E-state index is 15.0. The molecule has 154 valence electrons. The predicted octanol–water partition coefficient (Wildman–Crippen LogP) is 2.90. The Kier molecular flexibility index (Phi) is 5.63. The number of rotatable bonds is 3. The summed E-state index contributed by atoms with van der Waals surface area (Å²) in [6.07, 6.45) is -2.06. The van der Waals surface area contributed by atoms with Gasteiger partial charge in [-0.05, 0) is 28.8 Å². The average molecular weight is 402 g/mol. The number of methoxy groups -OCH3 is 1. The highest BCUT2D eigenvalue weighted by Crippen LogP contribution is 2.41. The lowest BCUT2D eigenvalue weighted by atomic mass is 9.86. The van der Waals surface area contributed by atoms with Gasteiger partial charge in [0.25, 0.3) is 5.91 Å². The number of carbonyl (C=O) groups excluding carboxylic acids is 1. The van der Waals surface area contributed by atoms with Crippen LogP contribution in [-0.4, -0.2) is 49.3 Å². The number of nitrogens with zero attached hydrogens (tertiary/aromatic N) is 1. The first kappa shape index (κ1) is 19.9. The first-order chi connectivity index (χ1) is 14.0. The number of nitrogens with two attached hydrogens (primary N) is 1. The molecule has 5 nitrogen and oxygen atoms in total. The van der Waals surface area contributed by atoms with Crippen LogP contribution in [0.5, 0.6) is 0 Å². The molecule has 2 aliphatic heterocycles. The fourth-order valence-corrected chi connectivity index (χ4v) is 4.21. The first-order valence-electron chi connectivity index (χ1n) is 9.68. The molecular formula is C22H24F2N2O3. The number of hydrogen-bond donors (Lipinski definition) is 1. The second-order valence-electron chi connectivity index (χ2n) is 7.54. The third-order valence-electron chi connectivity index (χ3n) is 5.77.